The Bertz CT molecular complexity index is 5550. The van der Waals surface area contributed by atoms with Crippen molar-refractivity contribution in [3.05, 3.63) is 145 Å². The summed E-state index contributed by atoms with van der Waals surface area (Å²) in [6.45, 7) is 55.4. The molecular formula is C99H142N32O5. The zero-order chi connectivity index (χ0) is 99.7. The first-order valence-electron chi connectivity index (χ1n) is 46.4. The smallest absolute Gasteiger partial charge is 0.274 e. The first-order valence-corrected chi connectivity index (χ1v) is 46.4. The minimum Gasteiger partial charge on any atom is -0.368 e. The minimum absolute atomic E-state index is 0.0153. The minimum atomic E-state index is -0.340. The number of nitriles is 3. The summed E-state index contributed by atoms with van der Waals surface area (Å²) in [5.41, 5.74) is 12.7. The number of amides is 4. The van der Waals surface area contributed by atoms with Gasteiger partial charge in [0, 0.05) is 178 Å². The highest BCUT2D eigenvalue weighted by molar-refractivity contribution is 5.98. The molecule has 728 valence electrons. The van der Waals surface area contributed by atoms with Crippen LogP contribution in [0.5, 0.6) is 0 Å². The topological polar surface area (TPSA) is 444 Å². The lowest BCUT2D eigenvalue weighted by molar-refractivity contribution is 0.0364. The van der Waals surface area contributed by atoms with Crippen LogP contribution in [0.4, 0.5) is 98.8 Å². The van der Waals surface area contributed by atoms with E-state index in [1.807, 2.05) is 99.8 Å². The number of hydrogen-bond donors (Lipinski definition) is 14. The molecule has 4 fully saturated rings. The first-order chi connectivity index (χ1) is 64.3. The van der Waals surface area contributed by atoms with Gasteiger partial charge >= 0.3 is 0 Å². The van der Waals surface area contributed by atoms with Gasteiger partial charge in [-0.25, -0.2) is 20.3 Å². The third-order valence-corrected chi connectivity index (χ3v) is 22.4. The summed E-state index contributed by atoms with van der Waals surface area (Å²) in [5, 5.41) is 71.7. The highest BCUT2D eigenvalue weighted by Gasteiger charge is 2.32. The Morgan fingerprint density at radius 2 is 0.831 bits per heavy atom. The Labute approximate surface area is 803 Å². The van der Waals surface area contributed by atoms with Crippen molar-refractivity contribution < 1.29 is 24.0 Å². The van der Waals surface area contributed by atoms with Crippen LogP contribution in [0.1, 0.15) is 196 Å². The van der Waals surface area contributed by atoms with Crippen molar-refractivity contribution in [1.82, 2.24) is 82.2 Å². The van der Waals surface area contributed by atoms with E-state index in [9.17, 15) is 35.0 Å². The monoisotopic (exact) mass is 1860 g/mol. The number of hydrogen-bond acceptors (Lipinski definition) is 32. The van der Waals surface area contributed by atoms with Gasteiger partial charge in [-0.2, -0.15) is 45.7 Å². The number of anilines is 16. The van der Waals surface area contributed by atoms with Crippen molar-refractivity contribution in [2.45, 2.75) is 162 Å². The van der Waals surface area contributed by atoms with Crippen molar-refractivity contribution in [3.63, 3.8) is 0 Å². The number of nitrogens with zero attached hydrogens (tertiary/aromatic N) is 18. The molecule has 8 aromatic rings. The SMILES string of the molecule is CCONC(=O)c1ccc(C)c(Nc2nc(N(C)CC(C)(C)C)nc(N3CCCN(C)CC3)c2C#N)c1.CNC(=O)c1ccc(C)c(Nc2nc(N(C)CC(C)(C)C)nc(N[C@@H]3CCNC3)c2C#N)c1.CNC(=O)c1ccc(C)c(Nc2nc(N[C@@H]3CCNC3)c(C#N)c(N(C)CC(C)(C)C)n2)c1.[C-]#[N+]c1c(Nc2cc(C(=O)NC)ccc2C)nc(N[C@@H]2CCNC2)nc1N(C)CC(C)(C)C. The number of benzene rings is 4. The van der Waals surface area contributed by atoms with Crippen LogP contribution in [-0.4, -0.2) is 241 Å². The van der Waals surface area contributed by atoms with Crippen molar-refractivity contribution in [3.8, 4) is 18.2 Å². The fourth-order valence-corrected chi connectivity index (χ4v) is 15.9. The number of carbonyl (C=O) groups excluding carboxylic acids is 4. The maximum Gasteiger partial charge on any atom is 0.274 e. The van der Waals surface area contributed by atoms with Gasteiger partial charge < -0.3 is 98.5 Å². The van der Waals surface area contributed by atoms with Gasteiger partial charge in [-0.15, -0.1) is 0 Å². The van der Waals surface area contributed by atoms with Crippen molar-refractivity contribution in [2.75, 3.05) is 216 Å². The quantitative estimate of drug-likeness (QED) is 0.0153. The molecule has 0 saturated carbocycles. The zero-order valence-corrected chi connectivity index (χ0v) is 84.2. The Morgan fingerprint density at radius 1 is 0.456 bits per heavy atom. The van der Waals surface area contributed by atoms with E-state index < -0.39 is 0 Å². The molecule has 0 radical (unpaired) electrons. The standard InChI is InChI=1S/C27H40N8O2.3C24H34N8O/c1-8-37-32-25(36)20-11-10-19(2)22(16-20)29-23-21(17-28)24(35-13-9-12-33(6)14-15-35)31-26(30-23)34(7)18-27(3,4)5;1-15-8-9-16(22(33)26-6)12-18(15)29-20-19(25-5)21(32(7)14-24(2,3)4)31-23(30-20)28-17-10-11-27-13-17;1-15-7-8-16(22(33)26-5)11-19(15)29-23-30-20(28-17-9-10-27-13-17)18(12-25)21(31-23)32(6)14-24(2,3)4;1-15-7-8-16(22(33)26-5)11-19(15)29-21-18(12-25)20(28-17-9-10-27-13-17)30-23(31-21)32(6)14-24(2,3)4/h10-11,16H,8-9,12-15,18H2,1-7H3,(H,32,36)(H,29,30,31);8-9,12,17,27H,10-11,13-14H2,1-4,6-7H3,(H,26,33)(H2,28,29,30,31);2*7-8,11,17,27H,9-10,13-14H2,1-6H3,(H,26,33)(H2,28,29,30,31)/t;3*17-/m.111/s1. The number of aromatic nitrogens is 8. The van der Waals surface area contributed by atoms with E-state index in [0.717, 1.165) is 144 Å². The lowest BCUT2D eigenvalue weighted by atomic mass is 9.96. The molecule has 37 heteroatoms. The molecule has 0 unspecified atom stereocenters. The average Bonchev–Trinajstić information content (AvgIpc) is 0.986. The summed E-state index contributed by atoms with van der Waals surface area (Å²) in [5.74, 6) is 5.13. The Kier molecular flexibility index (Phi) is 37.5. The van der Waals surface area contributed by atoms with E-state index in [0.29, 0.717) is 139 Å². The summed E-state index contributed by atoms with van der Waals surface area (Å²) < 4.78 is 0. The predicted octanol–water partition coefficient (Wildman–Crippen LogP) is 13.4. The van der Waals surface area contributed by atoms with E-state index in [4.69, 9.17) is 41.3 Å². The van der Waals surface area contributed by atoms with Crippen molar-refractivity contribution in [2.24, 2.45) is 21.7 Å². The molecule has 4 amide bonds. The largest absolute Gasteiger partial charge is 0.368 e. The number of rotatable bonds is 29. The van der Waals surface area contributed by atoms with Gasteiger partial charge in [0.05, 0.1) is 13.2 Å². The van der Waals surface area contributed by atoms with E-state index in [-0.39, 0.29) is 63.4 Å². The molecule has 4 aliphatic rings. The fourth-order valence-electron chi connectivity index (χ4n) is 15.9. The van der Waals surface area contributed by atoms with Gasteiger partial charge in [-0.05, 0) is 186 Å². The highest BCUT2D eigenvalue weighted by Crippen LogP contribution is 2.40. The molecule has 37 nitrogen and oxygen atoms in total. The second-order valence-electron chi connectivity index (χ2n) is 39.8. The van der Waals surface area contributed by atoms with Crippen molar-refractivity contribution in [1.29, 1.82) is 15.8 Å². The van der Waals surface area contributed by atoms with Crippen LogP contribution >= 0.6 is 0 Å². The second-order valence-corrected chi connectivity index (χ2v) is 39.8. The van der Waals surface area contributed by atoms with Gasteiger partial charge in [0.15, 0.2) is 34.9 Å². The molecule has 8 heterocycles. The average molecular weight is 1860 g/mol. The van der Waals surface area contributed by atoms with Gasteiger partial charge in [-0.3, -0.25) is 24.0 Å². The second kappa shape index (κ2) is 48.1. The Hall–Kier alpha value is -13.6. The third-order valence-electron chi connectivity index (χ3n) is 22.4. The summed E-state index contributed by atoms with van der Waals surface area (Å²) in [7, 11) is 14.7. The van der Waals surface area contributed by atoms with E-state index >= 15 is 0 Å². The van der Waals surface area contributed by atoms with Gasteiger partial charge in [-0.1, -0.05) is 107 Å². The highest BCUT2D eigenvalue weighted by atomic mass is 16.6. The molecular weight excluding hydrogens is 1720 g/mol. The maximum absolute atomic E-state index is 12.5. The van der Waals surface area contributed by atoms with Crippen molar-refractivity contribution >= 4 is 122 Å². The number of carbonyl (C=O) groups is 4. The number of hydroxylamine groups is 1. The van der Waals surface area contributed by atoms with Gasteiger partial charge in [0.1, 0.15) is 46.5 Å². The van der Waals surface area contributed by atoms with Crippen LogP contribution in [0.25, 0.3) is 4.85 Å². The molecule has 136 heavy (non-hydrogen) atoms. The zero-order valence-electron chi connectivity index (χ0n) is 84.2. The van der Waals surface area contributed by atoms with Crippen LogP contribution in [0, 0.1) is 89.9 Å². The predicted molar refractivity (Wildman–Crippen MR) is 546 cm³/mol. The van der Waals surface area contributed by atoms with Crippen LogP contribution < -0.4 is 99.1 Å². The van der Waals surface area contributed by atoms with Crippen LogP contribution in [0.15, 0.2) is 72.8 Å². The van der Waals surface area contributed by atoms with Crippen LogP contribution in [-0.2, 0) is 4.84 Å². The molecule has 12 rings (SSSR count). The molecule has 4 aromatic heterocycles. The fraction of sp³-hybridized carbons (Fsp3) is 0.515. The third kappa shape index (κ3) is 30.7. The van der Waals surface area contributed by atoms with Gasteiger partial charge in [0.25, 0.3) is 29.3 Å². The molecule has 0 spiro atoms. The molecule has 0 aliphatic carbocycles. The van der Waals surface area contributed by atoms with E-state index in [1.165, 1.54) is 0 Å². The molecule has 14 N–H and O–H groups in total. The molecule has 4 aliphatic heterocycles. The molecule has 4 aromatic carbocycles. The van der Waals surface area contributed by atoms with E-state index in [2.05, 4.69) is 208 Å². The van der Waals surface area contributed by atoms with Gasteiger partial charge in [0.2, 0.25) is 23.8 Å². The molecule has 3 atom stereocenters. The van der Waals surface area contributed by atoms with E-state index in [1.54, 1.807) is 76.6 Å². The summed E-state index contributed by atoms with van der Waals surface area (Å²) >= 11 is 0. The lowest BCUT2D eigenvalue weighted by Gasteiger charge is -2.29. The number of nitrogens with one attached hydrogen (secondary N) is 14. The number of aryl methyl sites for hydroxylation is 4. The first kappa shape index (κ1) is 106. The maximum atomic E-state index is 12.5. The molecule has 0 bridgehead atoms. The summed E-state index contributed by atoms with van der Waals surface area (Å²) in [4.78, 5) is 108. The Morgan fingerprint density at radius 3 is 1.24 bits per heavy atom. The lowest BCUT2D eigenvalue weighted by Crippen LogP contribution is -2.33. The summed E-state index contributed by atoms with van der Waals surface area (Å²) in [6, 6.07) is 29.2. The van der Waals surface area contributed by atoms with Crippen LogP contribution in [0.2, 0.25) is 0 Å². The van der Waals surface area contributed by atoms with Crippen LogP contribution in [0.3, 0.4) is 0 Å². The number of likely N-dealkylation sites (N-methyl/N-ethyl adjacent to an activating group) is 1. The molecule has 4 saturated heterocycles. The Balaban J connectivity index is 0.000000204. The summed E-state index contributed by atoms with van der Waals surface area (Å²) in [6.07, 6.45) is 3.88. The normalized spacial score (nSPS) is 15.3.